The third-order valence-corrected chi connectivity index (χ3v) is 1.96. The standard InChI is InChI=1S/C9H5ClO3/c10-9-2-1-6(3-11)7(4-12)8(9)5-13/h1-5H. The number of halogens is 1. The summed E-state index contributed by atoms with van der Waals surface area (Å²) in [5.41, 5.74) is 0.264. The first-order chi connectivity index (χ1) is 6.24. The molecular formula is C9H5ClO3. The van der Waals surface area contributed by atoms with Gasteiger partial charge in [-0.15, -0.1) is 0 Å². The fraction of sp³-hybridized carbons (Fsp3) is 0. The first-order valence-corrected chi connectivity index (χ1v) is 3.80. The van der Waals surface area contributed by atoms with Gasteiger partial charge < -0.3 is 0 Å². The molecule has 0 aliphatic rings. The maximum absolute atomic E-state index is 10.5. The second-order valence-corrected chi connectivity index (χ2v) is 2.72. The van der Waals surface area contributed by atoms with Crippen LogP contribution in [0.1, 0.15) is 31.1 Å². The van der Waals surface area contributed by atoms with Crippen molar-refractivity contribution in [2.24, 2.45) is 0 Å². The Balaban J connectivity index is 3.53. The zero-order valence-corrected chi connectivity index (χ0v) is 7.25. The second-order valence-electron chi connectivity index (χ2n) is 2.32. The monoisotopic (exact) mass is 196 g/mol. The third kappa shape index (κ3) is 1.65. The molecule has 1 aromatic carbocycles. The van der Waals surface area contributed by atoms with E-state index in [1.165, 1.54) is 12.1 Å². The Bertz CT molecular complexity index is 371. The van der Waals surface area contributed by atoms with Gasteiger partial charge in [-0.1, -0.05) is 11.6 Å². The summed E-state index contributed by atoms with van der Waals surface area (Å²) in [5, 5.41) is 0.169. The first kappa shape index (κ1) is 9.61. The molecule has 0 amide bonds. The fourth-order valence-corrected chi connectivity index (χ4v) is 1.19. The highest BCUT2D eigenvalue weighted by atomic mass is 35.5. The van der Waals surface area contributed by atoms with Gasteiger partial charge in [0.1, 0.15) is 0 Å². The van der Waals surface area contributed by atoms with Crippen molar-refractivity contribution in [1.29, 1.82) is 0 Å². The fourth-order valence-electron chi connectivity index (χ4n) is 0.981. The summed E-state index contributed by atoms with van der Waals surface area (Å²) in [5.74, 6) is 0. The molecular weight excluding hydrogens is 192 g/mol. The van der Waals surface area contributed by atoms with Crippen LogP contribution in [0.3, 0.4) is 0 Å². The van der Waals surface area contributed by atoms with Gasteiger partial charge in [-0.05, 0) is 12.1 Å². The lowest BCUT2D eigenvalue weighted by Gasteiger charge is -2.01. The van der Waals surface area contributed by atoms with Gasteiger partial charge in [-0.3, -0.25) is 14.4 Å². The summed E-state index contributed by atoms with van der Waals surface area (Å²) in [4.78, 5) is 31.5. The highest BCUT2D eigenvalue weighted by Crippen LogP contribution is 2.19. The van der Waals surface area contributed by atoms with Crippen molar-refractivity contribution in [3.8, 4) is 0 Å². The van der Waals surface area contributed by atoms with E-state index in [0.717, 1.165) is 0 Å². The first-order valence-electron chi connectivity index (χ1n) is 3.42. The Hall–Kier alpha value is -1.48. The van der Waals surface area contributed by atoms with E-state index in [9.17, 15) is 14.4 Å². The number of carbonyl (C=O) groups is 3. The van der Waals surface area contributed by atoms with E-state index in [1.54, 1.807) is 0 Å². The predicted octanol–water partition coefficient (Wildman–Crippen LogP) is 1.78. The van der Waals surface area contributed by atoms with E-state index in [-0.39, 0.29) is 21.7 Å². The van der Waals surface area contributed by atoms with Crippen LogP contribution in [-0.4, -0.2) is 18.9 Å². The SMILES string of the molecule is O=Cc1ccc(Cl)c(C=O)c1C=O. The normalized spacial score (nSPS) is 9.31. The van der Waals surface area contributed by atoms with Crippen LogP contribution in [0.2, 0.25) is 5.02 Å². The Labute approximate surface area is 79.3 Å². The van der Waals surface area contributed by atoms with Crippen LogP contribution < -0.4 is 0 Å². The van der Waals surface area contributed by atoms with Gasteiger partial charge in [0.25, 0.3) is 0 Å². The molecule has 0 aromatic heterocycles. The number of aldehydes is 3. The third-order valence-electron chi connectivity index (χ3n) is 1.63. The molecule has 0 fully saturated rings. The molecule has 0 atom stereocenters. The molecule has 0 saturated carbocycles. The van der Waals surface area contributed by atoms with Gasteiger partial charge >= 0.3 is 0 Å². The summed E-state index contributed by atoms with van der Waals surface area (Å²) in [6.45, 7) is 0. The average Bonchev–Trinajstić information content (AvgIpc) is 2.17. The van der Waals surface area contributed by atoms with E-state index < -0.39 is 0 Å². The lowest BCUT2D eigenvalue weighted by atomic mass is 10.0. The molecule has 1 rings (SSSR count). The molecule has 1 aromatic rings. The molecule has 0 heterocycles. The largest absolute Gasteiger partial charge is 0.298 e. The van der Waals surface area contributed by atoms with E-state index in [2.05, 4.69) is 0 Å². The van der Waals surface area contributed by atoms with Gasteiger partial charge in [-0.2, -0.15) is 0 Å². The molecule has 0 aliphatic heterocycles. The highest BCUT2D eigenvalue weighted by Gasteiger charge is 2.10. The number of rotatable bonds is 3. The van der Waals surface area contributed by atoms with E-state index in [4.69, 9.17) is 11.6 Å². The molecule has 0 N–H and O–H groups in total. The maximum Gasteiger partial charge on any atom is 0.152 e. The van der Waals surface area contributed by atoms with E-state index >= 15 is 0 Å². The van der Waals surface area contributed by atoms with Crippen molar-refractivity contribution in [2.75, 3.05) is 0 Å². The predicted molar refractivity (Wildman–Crippen MR) is 47.6 cm³/mol. The number of hydrogen-bond acceptors (Lipinski definition) is 3. The molecule has 0 bridgehead atoms. The zero-order chi connectivity index (χ0) is 9.84. The number of hydrogen-bond donors (Lipinski definition) is 0. The Kier molecular flexibility index (Phi) is 2.93. The average molecular weight is 197 g/mol. The summed E-state index contributed by atoms with van der Waals surface area (Å²) in [6.07, 6.45) is 1.41. The molecule has 0 radical (unpaired) electrons. The Morgan fingerprint density at radius 3 is 2.00 bits per heavy atom. The van der Waals surface area contributed by atoms with Crippen LogP contribution in [0.5, 0.6) is 0 Å². The van der Waals surface area contributed by atoms with Crippen molar-refractivity contribution in [2.45, 2.75) is 0 Å². The van der Waals surface area contributed by atoms with Gasteiger partial charge in [0.2, 0.25) is 0 Å². The van der Waals surface area contributed by atoms with Gasteiger partial charge in [0.15, 0.2) is 18.9 Å². The minimum absolute atomic E-state index is 0.0394. The van der Waals surface area contributed by atoms with Crippen LogP contribution in [0.4, 0.5) is 0 Å². The number of benzene rings is 1. The van der Waals surface area contributed by atoms with Crippen molar-refractivity contribution in [3.05, 3.63) is 33.8 Å². The molecule has 3 nitrogen and oxygen atoms in total. The molecule has 66 valence electrons. The molecule has 0 spiro atoms. The summed E-state index contributed by atoms with van der Waals surface area (Å²) in [7, 11) is 0. The summed E-state index contributed by atoms with van der Waals surface area (Å²) < 4.78 is 0. The van der Waals surface area contributed by atoms with Gasteiger partial charge in [-0.25, -0.2) is 0 Å². The maximum atomic E-state index is 10.5. The van der Waals surface area contributed by atoms with Crippen molar-refractivity contribution in [1.82, 2.24) is 0 Å². The minimum Gasteiger partial charge on any atom is -0.298 e. The van der Waals surface area contributed by atoms with Crippen LogP contribution in [-0.2, 0) is 0 Å². The minimum atomic E-state index is 0.0394. The lowest BCUT2D eigenvalue weighted by Crippen LogP contribution is -1.98. The Morgan fingerprint density at radius 2 is 1.54 bits per heavy atom. The number of carbonyl (C=O) groups excluding carboxylic acids is 3. The molecule has 13 heavy (non-hydrogen) atoms. The highest BCUT2D eigenvalue weighted by molar-refractivity contribution is 6.33. The zero-order valence-electron chi connectivity index (χ0n) is 6.49. The smallest absolute Gasteiger partial charge is 0.152 e. The van der Waals surface area contributed by atoms with Gasteiger partial charge in [0, 0.05) is 16.7 Å². The lowest BCUT2D eigenvalue weighted by molar-refractivity contribution is 0.108. The van der Waals surface area contributed by atoms with E-state index in [0.29, 0.717) is 18.9 Å². The molecule has 0 unspecified atom stereocenters. The quantitative estimate of drug-likeness (QED) is 0.693. The van der Waals surface area contributed by atoms with Crippen LogP contribution in [0, 0.1) is 0 Å². The Morgan fingerprint density at radius 1 is 0.923 bits per heavy atom. The topological polar surface area (TPSA) is 51.2 Å². The van der Waals surface area contributed by atoms with Gasteiger partial charge in [0.05, 0.1) is 5.02 Å². The second kappa shape index (κ2) is 3.96. The van der Waals surface area contributed by atoms with Crippen molar-refractivity contribution in [3.63, 3.8) is 0 Å². The molecule has 0 saturated heterocycles. The summed E-state index contributed by atoms with van der Waals surface area (Å²) >= 11 is 5.63. The van der Waals surface area contributed by atoms with Crippen molar-refractivity contribution >= 4 is 30.5 Å². The summed E-state index contributed by atoms with van der Waals surface area (Å²) in [6, 6.07) is 2.80. The molecule has 4 heteroatoms. The van der Waals surface area contributed by atoms with Crippen LogP contribution >= 0.6 is 11.6 Å². The van der Waals surface area contributed by atoms with Crippen LogP contribution in [0.15, 0.2) is 12.1 Å². The molecule has 0 aliphatic carbocycles. The van der Waals surface area contributed by atoms with E-state index in [1.807, 2.05) is 0 Å². The van der Waals surface area contributed by atoms with Crippen molar-refractivity contribution < 1.29 is 14.4 Å². The van der Waals surface area contributed by atoms with Crippen LogP contribution in [0.25, 0.3) is 0 Å².